The van der Waals surface area contributed by atoms with E-state index in [1.54, 1.807) is 0 Å². The summed E-state index contributed by atoms with van der Waals surface area (Å²) in [6.45, 7) is 7.39. The average molecular weight is 883 g/mol. The monoisotopic (exact) mass is 883 g/mol. The molecule has 0 bridgehead atoms. The molecule has 0 aromatic rings. The van der Waals surface area contributed by atoms with Gasteiger partial charge in [0.2, 0.25) is 0 Å². The second kappa shape index (κ2) is 53.4. The Labute approximate surface area is 394 Å². The average Bonchev–Trinajstić information content (AvgIpc) is 3.30. The number of rotatable bonds is 45. The fourth-order valence-electron chi connectivity index (χ4n) is 6.43. The van der Waals surface area contributed by atoms with E-state index >= 15 is 0 Å². The quantitative estimate of drug-likeness (QED) is 0.0346. The van der Waals surface area contributed by atoms with Crippen molar-refractivity contribution in [2.75, 3.05) is 19.8 Å². The molecular weight excluding hydrogens is 789 g/mol. The predicted molar refractivity (Wildman–Crippen MR) is 278 cm³/mol. The molecule has 0 aliphatic rings. The number of carbonyl (C=O) groups is 2. The molecule has 1 unspecified atom stereocenters. The van der Waals surface area contributed by atoms with Crippen molar-refractivity contribution in [1.29, 1.82) is 0 Å². The van der Waals surface area contributed by atoms with Gasteiger partial charge in [0.1, 0.15) is 6.61 Å². The van der Waals surface area contributed by atoms with Crippen molar-refractivity contribution in [2.45, 2.75) is 207 Å². The van der Waals surface area contributed by atoms with E-state index < -0.39 is 6.10 Å². The molecule has 0 spiro atoms. The number of hydrogen-bond donors (Lipinski definition) is 0. The largest absolute Gasteiger partial charge is 0.461 e. The first kappa shape index (κ1) is 60.0. The summed E-state index contributed by atoms with van der Waals surface area (Å²) in [6, 6.07) is 0. The lowest BCUT2D eigenvalue weighted by Crippen LogP contribution is -2.30. The van der Waals surface area contributed by atoms with Crippen molar-refractivity contribution in [2.24, 2.45) is 0 Å². The summed E-state index contributed by atoms with van der Waals surface area (Å²) >= 11 is 0. The van der Waals surface area contributed by atoms with Gasteiger partial charge in [0.25, 0.3) is 0 Å². The van der Waals surface area contributed by atoms with E-state index in [2.05, 4.69) is 142 Å². The van der Waals surface area contributed by atoms with Gasteiger partial charge in [0.15, 0.2) is 6.10 Å². The minimum atomic E-state index is -0.610. The molecule has 0 aromatic heterocycles. The molecule has 5 heteroatoms. The van der Waals surface area contributed by atoms with Crippen molar-refractivity contribution in [1.82, 2.24) is 0 Å². The third-order valence-electron chi connectivity index (χ3n) is 10.2. The molecule has 0 heterocycles. The van der Waals surface area contributed by atoms with Crippen molar-refractivity contribution >= 4 is 11.9 Å². The summed E-state index contributed by atoms with van der Waals surface area (Å²) < 4.78 is 17.3. The van der Waals surface area contributed by atoms with Crippen LogP contribution < -0.4 is 0 Å². The Bertz CT molecular complexity index is 1370. The zero-order valence-electron chi connectivity index (χ0n) is 41.2. The number of esters is 2. The molecule has 0 aromatic carbocycles. The molecule has 0 saturated heterocycles. The lowest BCUT2D eigenvalue weighted by Gasteiger charge is -2.18. The molecule has 1 atom stereocenters. The van der Waals surface area contributed by atoms with E-state index in [0.29, 0.717) is 13.0 Å². The van der Waals surface area contributed by atoms with E-state index in [1.807, 2.05) is 12.2 Å². The van der Waals surface area contributed by atoms with E-state index in [1.165, 1.54) is 70.6 Å². The lowest BCUT2D eigenvalue weighted by molar-refractivity contribution is -0.162. The summed E-state index contributed by atoms with van der Waals surface area (Å²) in [5.74, 6) is -0.605. The number of hydrogen-bond acceptors (Lipinski definition) is 5. The van der Waals surface area contributed by atoms with E-state index in [0.717, 1.165) is 96.3 Å². The van der Waals surface area contributed by atoms with Crippen LogP contribution >= 0.6 is 0 Å². The van der Waals surface area contributed by atoms with Crippen LogP contribution in [0.3, 0.4) is 0 Å². The van der Waals surface area contributed by atoms with Crippen molar-refractivity contribution in [3.05, 3.63) is 134 Å². The molecule has 0 fully saturated rings. The van der Waals surface area contributed by atoms with E-state index in [-0.39, 0.29) is 31.6 Å². The molecule has 0 saturated carbocycles. The first-order valence-corrected chi connectivity index (χ1v) is 25.7. The second-order valence-corrected chi connectivity index (χ2v) is 16.3. The molecular formula is C59H94O5. The van der Waals surface area contributed by atoms with Gasteiger partial charge in [-0.2, -0.15) is 0 Å². The normalized spacial score (nSPS) is 13.4. The maximum atomic E-state index is 12.8. The molecule has 0 aliphatic heterocycles. The van der Waals surface area contributed by atoms with E-state index in [4.69, 9.17) is 14.2 Å². The van der Waals surface area contributed by atoms with Crippen LogP contribution in [0.25, 0.3) is 0 Å². The molecule has 0 radical (unpaired) electrons. The summed E-state index contributed by atoms with van der Waals surface area (Å²) in [6.07, 6.45) is 76.3. The highest BCUT2D eigenvalue weighted by atomic mass is 16.6. The van der Waals surface area contributed by atoms with Crippen LogP contribution in [0.1, 0.15) is 201 Å². The van der Waals surface area contributed by atoms with Gasteiger partial charge in [-0.1, -0.05) is 206 Å². The van der Waals surface area contributed by atoms with Crippen molar-refractivity contribution < 1.29 is 23.8 Å². The zero-order chi connectivity index (χ0) is 46.3. The Balaban J connectivity index is 4.48. The molecule has 0 amide bonds. The Morgan fingerprint density at radius 2 is 0.750 bits per heavy atom. The van der Waals surface area contributed by atoms with Gasteiger partial charge in [-0.05, 0) is 116 Å². The van der Waals surface area contributed by atoms with Crippen LogP contribution in [0.4, 0.5) is 0 Å². The Kier molecular flexibility index (Phi) is 50.1. The van der Waals surface area contributed by atoms with Gasteiger partial charge in [0.05, 0.1) is 13.0 Å². The highest BCUT2D eigenvalue weighted by molar-refractivity contribution is 5.71. The molecule has 0 N–H and O–H groups in total. The third-order valence-corrected chi connectivity index (χ3v) is 10.2. The van der Waals surface area contributed by atoms with Crippen molar-refractivity contribution in [3.8, 4) is 0 Å². The maximum absolute atomic E-state index is 12.8. The van der Waals surface area contributed by atoms with Gasteiger partial charge < -0.3 is 14.2 Å². The topological polar surface area (TPSA) is 61.8 Å². The fourth-order valence-corrected chi connectivity index (χ4v) is 6.43. The number of allylic oxidation sites excluding steroid dienone is 21. The Hall–Kier alpha value is -3.96. The number of carbonyl (C=O) groups excluding carboxylic acids is 2. The van der Waals surface area contributed by atoms with Gasteiger partial charge in [-0.25, -0.2) is 0 Å². The van der Waals surface area contributed by atoms with Crippen LogP contribution in [0, 0.1) is 0 Å². The molecule has 64 heavy (non-hydrogen) atoms. The SMILES string of the molecule is CC/C=C\C/C=C\C/C=C\C/C=C\C/C=C\CC(=O)OCC(COCCCCCCCCCC/C=C\C/C=C\CCCCC)OC(=O)CCCC/C=C\C/C=C\C/C=C\C/C=C\CC. The number of unbranched alkanes of at least 4 members (excludes halogenated alkanes) is 13. The van der Waals surface area contributed by atoms with Gasteiger partial charge in [-0.3, -0.25) is 9.59 Å². The Morgan fingerprint density at radius 3 is 1.20 bits per heavy atom. The van der Waals surface area contributed by atoms with Crippen molar-refractivity contribution in [3.63, 3.8) is 0 Å². The summed E-state index contributed by atoms with van der Waals surface area (Å²) in [4.78, 5) is 25.3. The molecule has 0 rings (SSSR count). The highest BCUT2D eigenvalue weighted by Crippen LogP contribution is 2.12. The smallest absolute Gasteiger partial charge is 0.309 e. The minimum Gasteiger partial charge on any atom is -0.461 e. The first-order chi connectivity index (χ1) is 31.6. The summed E-state index contributed by atoms with van der Waals surface area (Å²) in [5.41, 5.74) is 0. The van der Waals surface area contributed by atoms with Gasteiger partial charge in [-0.15, -0.1) is 0 Å². The third kappa shape index (κ3) is 50.7. The maximum Gasteiger partial charge on any atom is 0.309 e. The molecule has 0 aliphatic carbocycles. The second-order valence-electron chi connectivity index (χ2n) is 16.3. The van der Waals surface area contributed by atoms with E-state index in [9.17, 15) is 9.59 Å². The predicted octanol–water partition coefficient (Wildman–Crippen LogP) is 17.6. The van der Waals surface area contributed by atoms with Crippen LogP contribution in [-0.2, 0) is 23.8 Å². The molecule has 360 valence electrons. The lowest BCUT2D eigenvalue weighted by atomic mass is 10.1. The summed E-state index contributed by atoms with van der Waals surface area (Å²) in [7, 11) is 0. The highest BCUT2D eigenvalue weighted by Gasteiger charge is 2.17. The fraction of sp³-hybridized carbons (Fsp3) is 0.593. The first-order valence-electron chi connectivity index (χ1n) is 25.7. The van der Waals surface area contributed by atoms with Gasteiger partial charge >= 0.3 is 11.9 Å². The van der Waals surface area contributed by atoms with Crippen LogP contribution in [-0.4, -0.2) is 37.9 Å². The standard InChI is InChI=1S/C59H94O5/c1-4-7-10-13-16-19-22-25-28-29-30-33-36-39-42-45-48-51-54-62-55-57(64-59(61)53-50-47-44-41-38-35-32-27-24-21-18-15-12-9-6-3)56-63-58(60)52-49-46-43-40-37-34-31-26-23-20-17-14-11-8-5-2/h8-9,11-12,16-21,25-28,31-32,37-38,40-41,46,49,57H,4-7,10,13-15,22-24,29-30,33-36,39,42-45,47-48,50-56H2,1-3H3/b11-8-,12-9-,19-16-,20-17-,21-18-,28-25-,31-26-,32-27-,40-37-,41-38-,49-46-. The Morgan fingerprint density at radius 1 is 0.375 bits per heavy atom. The molecule has 5 nitrogen and oxygen atoms in total. The van der Waals surface area contributed by atoms with Crippen LogP contribution in [0.2, 0.25) is 0 Å². The number of ether oxygens (including phenoxy) is 3. The minimum absolute atomic E-state index is 0.00317. The summed E-state index contributed by atoms with van der Waals surface area (Å²) in [5, 5.41) is 0. The van der Waals surface area contributed by atoms with Crippen LogP contribution in [0.5, 0.6) is 0 Å². The van der Waals surface area contributed by atoms with Crippen LogP contribution in [0.15, 0.2) is 134 Å². The van der Waals surface area contributed by atoms with Gasteiger partial charge in [0, 0.05) is 13.0 Å². The zero-order valence-corrected chi connectivity index (χ0v) is 41.2.